The molecule has 2 rings (SSSR count). The molecule has 0 aromatic rings. The van der Waals surface area contributed by atoms with E-state index in [4.69, 9.17) is 9.47 Å². The van der Waals surface area contributed by atoms with Crippen LogP contribution in [0.5, 0.6) is 0 Å². The Kier molecular flexibility index (Phi) is 0.866. The topological polar surface area (TPSA) is 18.5 Å². The highest BCUT2D eigenvalue weighted by Gasteiger charge is 2.45. The molecule has 2 nitrogen and oxygen atoms in total. The lowest BCUT2D eigenvalue weighted by Crippen LogP contribution is -2.25. The van der Waals surface area contributed by atoms with Gasteiger partial charge in [0.1, 0.15) is 6.79 Å². The highest BCUT2D eigenvalue weighted by atomic mass is 16.7. The van der Waals surface area contributed by atoms with Crippen molar-refractivity contribution in [1.29, 1.82) is 0 Å². The van der Waals surface area contributed by atoms with Gasteiger partial charge in [-0.1, -0.05) is 0 Å². The van der Waals surface area contributed by atoms with E-state index in [1.807, 2.05) is 0 Å². The van der Waals surface area contributed by atoms with Gasteiger partial charge in [0.25, 0.3) is 0 Å². The van der Waals surface area contributed by atoms with E-state index in [9.17, 15) is 0 Å². The van der Waals surface area contributed by atoms with Gasteiger partial charge in [0.2, 0.25) is 0 Å². The molecule has 0 atom stereocenters. The van der Waals surface area contributed by atoms with Crippen LogP contribution >= 0.6 is 0 Å². The zero-order chi connectivity index (χ0) is 5.45. The molecule has 2 fully saturated rings. The SMILES string of the molecule is [CH]1CC12COCOC2. The van der Waals surface area contributed by atoms with Gasteiger partial charge in [-0.25, -0.2) is 0 Å². The van der Waals surface area contributed by atoms with E-state index < -0.39 is 0 Å². The van der Waals surface area contributed by atoms with Crippen molar-refractivity contribution in [3.05, 3.63) is 6.42 Å². The third kappa shape index (κ3) is 0.644. The molecule has 0 aromatic carbocycles. The molecule has 1 aliphatic carbocycles. The molecule has 0 aromatic heterocycles. The summed E-state index contributed by atoms with van der Waals surface area (Å²) in [6, 6.07) is 0. The molecule has 1 spiro atoms. The Morgan fingerprint density at radius 2 is 1.88 bits per heavy atom. The maximum atomic E-state index is 5.09. The van der Waals surface area contributed by atoms with Crippen LogP contribution in [0.25, 0.3) is 0 Å². The third-order valence-corrected chi connectivity index (χ3v) is 1.73. The number of rotatable bonds is 0. The molecule has 0 amide bonds. The minimum Gasteiger partial charge on any atom is -0.355 e. The van der Waals surface area contributed by atoms with E-state index in [0.717, 1.165) is 13.2 Å². The Labute approximate surface area is 48.8 Å². The fourth-order valence-corrected chi connectivity index (χ4v) is 0.970. The summed E-state index contributed by atoms with van der Waals surface area (Å²) in [4.78, 5) is 0. The van der Waals surface area contributed by atoms with Crippen LogP contribution in [0.15, 0.2) is 0 Å². The van der Waals surface area contributed by atoms with Crippen molar-refractivity contribution in [2.24, 2.45) is 5.41 Å². The summed E-state index contributed by atoms with van der Waals surface area (Å²) < 4.78 is 10.2. The summed E-state index contributed by atoms with van der Waals surface area (Å²) in [5.74, 6) is 0. The van der Waals surface area contributed by atoms with E-state index in [-0.39, 0.29) is 0 Å². The van der Waals surface area contributed by atoms with Gasteiger partial charge >= 0.3 is 0 Å². The maximum absolute atomic E-state index is 5.09. The van der Waals surface area contributed by atoms with E-state index >= 15 is 0 Å². The third-order valence-electron chi connectivity index (χ3n) is 1.73. The molecule has 1 saturated carbocycles. The first-order valence-electron chi connectivity index (χ1n) is 2.91. The van der Waals surface area contributed by atoms with Gasteiger partial charge in [-0.15, -0.1) is 0 Å². The van der Waals surface area contributed by atoms with Crippen molar-refractivity contribution < 1.29 is 9.47 Å². The predicted octanol–water partition coefficient (Wildman–Crippen LogP) is 0.585. The first-order valence-corrected chi connectivity index (χ1v) is 2.91. The molecule has 1 radical (unpaired) electrons. The van der Waals surface area contributed by atoms with E-state index in [1.165, 1.54) is 6.42 Å². The van der Waals surface area contributed by atoms with Crippen LogP contribution in [-0.4, -0.2) is 20.0 Å². The fraction of sp³-hybridized carbons (Fsp3) is 0.833. The fourth-order valence-electron chi connectivity index (χ4n) is 0.970. The standard InChI is InChI=1S/C6H9O2/c1-2-6(1)3-7-5-8-4-6/h1H,2-5H2. The first kappa shape index (κ1) is 4.77. The minimum atomic E-state index is 0.359. The molecule has 1 heterocycles. The summed E-state index contributed by atoms with van der Waals surface area (Å²) in [6.07, 6.45) is 3.44. The van der Waals surface area contributed by atoms with Crippen molar-refractivity contribution in [3.63, 3.8) is 0 Å². The summed E-state index contributed by atoms with van der Waals surface area (Å²) in [6.45, 7) is 2.26. The molecule has 0 N–H and O–H groups in total. The van der Waals surface area contributed by atoms with Gasteiger partial charge in [-0.3, -0.25) is 0 Å². The smallest absolute Gasteiger partial charge is 0.146 e. The highest BCUT2D eigenvalue weighted by molar-refractivity contribution is 5.10. The maximum Gasteiger partial charge on any atom is 0.146 e. The lowest BCUT2D eigenvalue weighted by molar-refractivity contribution is -0.131. The minimum absolute atomic E-state index is 0.359. The Hall–Kier alpha value is -0.0800. The Balaban J connectivity index is 1.95. The van der Waals surface area contributed by atoms with Crippen molar-refractivity contribution in [2.45, 2.75) is 6.42 Å². The molecule has 0 unspecified atom stereocenters. The second kappa shape index (κ2) is 1.45. The molecule has 8 heavy (non-hydrogen) atoms. The Morgan fingerprint density at radius 1 is 1.25 bits per heavy atom. The van der Waals surface area contributed by atoms with Gasteiger partial charge in [-0.2, -0.15) is 0 Å². The summed E-state index contributed by atoms with van der Waals surface area (Å²) in [7, 11) is 0. The first-order chi connectivity index (χ1) is 3.91. The van der Waals surface area contributed by atoms with Gasteiger partial charge in [-0.05, 0) is 12.8 Å². The van der Waals surface area contributed by atoms with Crippen LogP contribution in [0, 0.1) is 11.8 Å². The second-order valence-electron chi connectivity index (χ2n) is 2.59. The van der Waals surface area contributed by atoms with Crippen LogP contribution < -0.4 is 0 Å². The van der Waals surface area contributed by atoms with Crippen molar-refractivity contribution in [3.8, 4) is 0 Å². The largest absolute Gasteiger partial charge is 0.355 e. The monoisotopic (exact) mass is 113 g/mol. The number of hydrogen-bond acceptors (Lipinski definition) is 2. The normalized spacial score (nSPS) is 33.0. The molecule has 1 saturated heterocycles. The van der Waals surface area contributed by atoms with Crippen LogP contribution in [0.1, 0.15) is 6.42 Å². The molecular formula is C6H9O2. The van der Waals surface area contributed by atoms with E-state index in [1.54, 1.807) is 0 Å². The van der Waals surface area contributed by atoms with Crippen LogP contribution in [0.3, 0.4) is 0 Å². The molecule has 45 valence electrons. The lowest BCUT2D eigenvalue weighted by atomic mass is 10.1. The quantitative estimate of drug-likeness (QED) is 0.457. The van der Waals surface area contributed by atoms with E-state index in [2.05, 4.69) is 6.42 Å². The van der Waals surface area contributed by atoms with Crippen LogP contribution in [-0.2, 0) is 9.47 Å². The van der Waals surface area contributed by atoms with Crippen molar-refractivity contribution in [2.75, 3.05) is 20.0 Å². The molecular weight excluding hydrogens is 104 g/mol. The lowest BCUT2D eigenvalue weighted by Gasteiger charge is -2.20. The number of hydrogen-bond donors (Lipinski definition) is 0. The molecule has 0 bridgehead atoms. The van der Waals surface area contributed by atoms with Crippen molar-refractivity contribution >= 4 is 0 Å². The predicted molar refractivity (Wildman–Crippen MR) is 28.1 cm³/mol. The van der Waals surface area contributed by atoms with Gasteiger partial charge < -0.3 is 9.47 Å². The van der Waals surface area contributed by atoms with Gasteiger partial charge in [0, 0.05) is 5.41 Å². The zero-order valence-corrected chi connectivity index (χ0v) is 4.72. The number of ether oxygens (including phenoxy) is 2. The van der Waals surface area contributed by atoms with Crippen molar-refractivity contribution in [1.82, 2.24) is 0 Å². The summed E-state index contributed by atoms with van der Waals surface area (Å²) in [5.41, 5.74) is 0.359. The van der Waals surface area contributed by atoms with Gasteiger partial charge in [0.15, 0.2) is 0 Å². The van der Waals surface area contributed by atoms with Crippen LogP contribution in [0.4, 0.5) is 0 Å². The Morgan fingerprint density at radius 3 is 2.25 bits per heavy atom. The van der Waals surface area contributed by atoms with E-state index in [0.29, 0.717) is 12.2 Å². The van der Waals surface area contributed by atoms with Gasteiger partial charge in [0.05, 0.1) is 13.2 Å². The summed E-state index contributed by atoms with van der Waals surface area (Å²) in [5, 5.41) is 0. The average molecular weight is 113 g/mol. The molecule has 2 heteroatoms. The second-order valence-corrected chi connectivity index (χ2v) is 2.59. The summed E-state index contributed by atoms with van der Waals surface area (Å²) >= 11 is 0. The highest BCUT2D eigenvalue weighted by Crippen LogP contribution is 2.45. The Bertz CT molecular complexity index is 88.7. The average Bonchev–Trinajstić information content (AvgIpc) is 2.52. The zero-order valence-electron chi connectivity index (χ0n) is 4.72. The molecule has 1 aliphatic heterocycles. The molecule has 2 aliphatic rings. The van der Waals surface area contributed by atoms with Crippen LogP contribution in [0.2, 0.25) is 0 Å².